The van der Waals surface area contributed by atoms with E-state index in [1.807, 2.05) is 25.3 Å². The zero-order valence-electron chi connectivity index (χ0n) is 9.77. The van der Waals surface area contributed by atoms with Gasteiger partial charge in [-0.05, 0) is 47.0 Å². The lowest BCUT2D eigenvalue weighted by Gasteiger charge is -2.12. The summed E-state index contributed by atoms with van der Waals surface area (Å²) >= 11 is 5.06. The Morgan fingerprint density at radius 2 is 2.18 bits per heavy atom. The number of aliphatic hydroxyl groups excluding tert-OH is 1. The fraction of sp³-hybridized carbons (Fsp3) is 0.308. The van der Waals surface area contributed by atoms with Crippen molar-refractivity contribution in [3.63, 3.8) is 0 Å². The van der Waals surface area contributed by atoms with Gasteiger partial charge in [-0.2, -0.15) is 0 Å². The third-order valence-electron chi connectivity index (χ3n) is 2.59. The van der Waals surface area contributed by atoms with Crippen LogP contribution in [0, 0.1) is 13.8 Å². The smallest absolute Gasteiger partial charge is 0.101 e. The summed E-state index contributed by atoms with van der Waals surface area (Å²) in [5.74, 6) is 0. The number of hydrogen-bond acceptors (Lipinski definition) is 3. The van der Waals surface area contributed by atoms with Crippen LogP contribution in [0.3, 0.4) is 0 Å². The second kappa shape index (κ2) is 5.29. The Bertz CT molecular complexity index is 524. The minimum atomic E-state index is -0.527. The first kappa shape index (κ1) is 12.7. The summed E-state index contributed by atoms with van der Waals surface area (Å²) in [6.07, 6.45) is 1.89. The van der Waals surface area contributed by atoms with Crippen LogP contribution < -0.4 is 0 Å². The van der Waals surface area contributed by atoms with Gasteiger partial charge in [-0.3, -0.25) is 4.98 Å². The molecule has 0 radical (unpaired) electrons. The summed E-state index contributed by atoms with van der Waals surface area (Å²) in [7, 11) is 0. The molecule has 1 N–H and O–H groups in total. The van der Waals surface area contributed by atoms with Gasteiger partial charge in [0, 0.05) is 27.3 Å². The molecule has 90 valence electrons. The molecular formula is C13H14BrNOS. The highest BCUT2D eigenvalue weighted by molar-refractivity contribution is 9.10. The van der Waals surface area contributed by atoms with Gasteiger partial charge in [-0.1, -0.05) is 6.07 Å². The van der Waals surface area contributed by atoms with E-state index < -0.39 is 6.10 Å². The van der Waals surface area contributed by atoms with Crippen molar-refractivity contribution in [3.05, 3.63) is 49.9 Å². The van der Waals surface area contributed by atoms with Gasteiger partial charge in [0.2, 0.25) is 0 Å². The molecule has 2 rings (SSSR count). The molecule has 0 amide bonds. The van der Waals surface area contributed by atoms with Crippen molar-refractivity contribution in [2.75, 3.05) is 0 Å². The van der Waals surface area contributed by atoms with Crippen LogP contribution in [0.1, 0.15) is 27.8 Å². The average molecular weight is 312 g/mol. The monoisotopic (exact) mass is 311 g/mol. The Hall–Kier alpha value is -0.710. The first-order valence-corrected chi connectivity index (χ1v) is 7.07. The molecule has 0 aliphatic carbocycles. The number of nitrogens with zero attached hydrogens (tertiary/aromatic N) is 1. The minimum Gasteiger partial charge on any atom is -0.386 e. The predicted molar refractivity (Wildman–Crippen MR) is 74.4 cm³/mol. The molecule has 0 saturated carbocycles. The number of rotatable bonds is 3. The third kappa shape index (κ3) is 3.15. The number of thiophene rings is 1. The van der Waals surface area contributed by atoms with Crippen molar-refractivity contribution >= 4 is 27.3 Å². The van der Waals surface area contributed by atoms with Gasteiger partial charge in [0.05, 0.1) is 5.69 Å². The molecule has 0 aliphatic rings. The molecule has 0 aromatic carbocycles. The third-order valence-corrected chi connectivity index (χ3v) is 4.31. The molecule has 2 aromatic heterocycles. The summed E-state index contributed by atoms with van der Waals surface area (Å²) < 4.78 is 1.07. The number of aryl methyl sites for hydroxylation is 2. The second-order valence-corrected chi connectivity index (χ2v) is 6.08. The van der Waals surface area contributed by atoms with Gasteiger partial charge >= 0.3 is 0 Å². The Morgan fingerprint density at radius 3 is 2.76 bits per heavy atom. The van der Waals surface area contributed by atoms with Gasteiger partial charge in [-0.15, -0.1) is 11.3 Å². The average Bonchev–Trinajstić information content (AvgIpc) is 2.63. The van der Waals surface area contributed by atoms with Crippen molar-refractivity contribution in [1.29, 1.82) is 0 Å². The lowest BCUT2D eigenvalue weighted by Crippen LogP contribution is -2.05. The van der Waals surface area contributed by atoms with Crippen LogP contribution in [0.5, 0.6) is 0 Å². The van der Waals surface area contributed by atoms with Crippen LogP contribution in [0.4, 0.5) is 0 Å². The maximum atomic E-state index is 10.2. The molecule has 4 heteroatoms. The van der Waals surface area contributed by atoms with Crippen LogP contribution >= 0.6 is 27.3 Å². The Labute approximate surface area is 113 Å². The van der Waals surface area contributed by atoms with Crippen molar-refractivity contribution in [2.24, 2.45) is 0 Å². The highest BCUT2D eigenvalue weighted by Gasteiger charge is 2.13. The lowest BCUT2D eigenvalue weighted by molar-refractivity contribution is 0.173. The van der Waals surface area contributed by atoms with E-state index in [1.54, 1.807) is 17.5 Å². The Kier molecular flexibility index (Phi) is 3.97. The molecule has 1 atom stereocenters. The number of aromatic nitrogens is 1. The predicted octanol–water partition coefficient (Wildman–Crippen LogP) is 3.80. The zero-order chi connectivity index (χ0) is 12.4. The topological polar surface area (TPSA) is 33.1 Å². The normalized spacial score (nSPS) is 12.7. The first-order valence-electron chi connectivity index (χ1n) is 5.40. The van der Waals surface area contributed by atoms with Crippen LogP contribution in [0.15, 0.2) is 28.2 Å². The maximum Gasteiger partial charge on any atom is 0.101 e. The van der Waals surface area contributed by atoms with Gasteiger partial charge in [0.25, 0.3) is 0 Å². The SMILES string of the molecule is Cc1cnc(C(O)Cc2cc(Br)cs2)c(C)c1. The molecule has 2 heterocycles. The maximum absolute atomic E-state index is 10.2. The lowest BCUT2D eigenvalue weighted by atomic mass is 10.1. The Morgan fingerprint density at radius 1 is 1.41 bits per heavy atom. The molecule has 0 bridgehead atoms. The number of pyridine rings is 1. The first-order chi connectivity index (χ1) is 8.06. The molecule has 0 spiro atoms. The van der Waals surface area contributed by atoms with Gasteiger partial charge < -0.3 is 5.11 Å². The molecule has 2 aromatic rings. The minimum absolute atomic E-state index is 0.527. The number of halogens is 1. The van der Waals surface area contributed by atoms with E-state index in [0.29, 0.717) is 6.42 Å². The van der Waals surface area contributed by atoms with E-state index in [1.165, 1.54) is 0 Å². The van der Waals surface area contributed by atoms with E-state index in [-0.39, 0.29) is 0 Å². The molecule has 17 heavy (non-hydrogen) atoms. The van der Waals surface area contributed by atoms with E-state index in [0.717, 1.165) is 26.2 Å². The number of aliphatic hydroxyl groups is 1. The van der Waals surface area contributed by atoms with Crippen molar-refractivity contribution in [1.82, 2.24) is 4.98 Å². The fourth-order valence-corrected chi connectivity index (χ4v) is 3.31. The van der Waals surface area contributed by atoms with E-state index in [4.69, 9.17) is 0 Å². The van der Waals surface area contributed by atoms with Gasteiger partial charge in [0.15, 0.2) is 0 Å². The zero-order valence-corrected chi connectivity index (χ0v) is 12.2. The molecule has 1 unspecified atom stereocenters. The molecule has 2 nitrogen and oxygen atoms in total. The highest BCUT2D eigenvalue weighted by atomic mass is 79.9. The molecular weight excluding hydrogens is 298 g/mol. The highest BCUT2D eigenvalue weighted by Crippen LogP contribution is 2.26. The van der Waals surface area contributed by atoms with Gasteiger partial charge in [0.1, 0.15) is 6.10 Å². The van der Waals surface area contributed by atoms with Crippen molar-refractivity contribution < 1.29 is 5.11 Å². The summed E-state index contributed by atoms with van der Waals surface area (Å²) in [4.78, 5) is 5.48. The summed E-state index contributed by atoms with van der Waals surface area (Å²) in [5.41, 5.74) is 2.95. The summed E-state index contributed by atoms with van der Waals surface area (Å²) in [6, 6.07) is 4.09. The van der Waals surface area contributed by atoms with Crippen LogP contribution in [0.2, 0.25) is 0 Å². The van der Waals surface area contributed by atoms with E-state index >= 15 is 0 Å². The summed E-state index contributed by atoms with van der Waals surface area (Å²) in [6.45, 7) is 4.00. The van der Waals surface area contributed by atoms with Crippen LogP contribution in [-0.4, -0.2) is 10.1 Å². The largest absolute Gasteiger partial charge is 0.386 e. The molecule has 0 saturated heterocycles. The van der Waals surface area contributed by atoms with Gasteiger partial charge in [-0.25, -0.2) is 0 Å². The van der Waals surface area contributed by atoms with E-state index in [9.17, 15) is 5.11 Å². The molecule has 0 aliphatic heterocycles. The molecule has 0 fully saturated rings. The fourth-order valence-electron chi connectivity index (χ4n) is 1.82. The van der Waals surface area contributed by atoms with Crippen LogP contribution in [-0.2, 0) is 6.42 Å². The standard InChI is InChI=1S/C13H14BrNOS/c1-8-3-9(2)13(15-6-8)12(16)5-11-4-10(14)7-17-11/h3-4,6-7,12,16H,5H2,1-2H3. The summed E-state index contributed by atoms with van der Waals surface area (Å²) in [5, 5.41) is 12.2. The Balaban J connectivity index is 2.17. The van der Waals surface area contributed by atoms with Crippen molar-refractivity contribution in [2.45, 2.75) is 26.4 Å². The van der Waals surface area contributed by atoms with Crippen molar-refractivity contribution in [3.8, 4) is 0 Å². The van der Waals surface area contributed by atoms with Crippen LogP contribution in [0.25, 0.3) is 0 Å². The second-order valence-electron chi connectivity index (χ2n) is 4.17. The van der Waals surface area contributed by atoms with E-state index in [2.05, 4.69) is 27.0 Å². The quantitative estimate of drug-likeness (QED) is 0.935. The number of hydrogen-bond donors (Lipinski definition) is 1.